The van der Waals surface area contributed by atoms with E-state index in [2.05, 4.69) is 10.3 Å². The third-order valence-electron chi connectivity index (χ3n) is 4.01. The number of nitrogens with one attached hydrogen (secondary N) is 1. The first kappa shape index (κ1) is 17.7. The molecule has 0 aliphatic rings. The second-order valence-electron chi connectivity index (χ2n) is 5.81. The topological polar surface area (TPSA) is 62.3 Å². The molecule has 0 radical (unpaired) electrons. The molecule has 0 aliphatic heterocycles. The summed E-state index contributed by atoms with van der Waals surface area (Å²) in [4.78, 5) is 29.8. The number of benzene rings is 1. The van der Waals surface area contributed by atoms with E-state index in [1.54, 1.807) is 11.1 Å². The van der Waals surface area contributed by atoms with E-state index >= 15 is 0 Å². The maximum absolute atomic E-state index is 12.2. The van der Waals surface area contributed by atoms with Gasteiger partial charge in [-0.15, -0.1) is 0 Å². The average molecular weight is 325 g/mol. The summed E-state index contributed by atoms with van der Waals surface area (Å²) in [6.45, 7) is 6.27. The van der Waals surface area contributed by atoms with Crippen molar-refractivity contribution in [3.05, 3.63) is 59.4 Å². The van der Waals surface area contributed by atoms with E-state index in [0.717, 1.165) is 22.5 Å². The largest absolute Gasteiger partial charge is 0.337 e. The van der Waals surface area contributed by atoms with Crippen LogP contribution in [0.2, 0.25) is 0 Å². The number of nitrogens with zero attached hydrogens (tertiary/aromatic N) is 2. The highest BCUT2D eigenvalue weighted by Gasteiger charge is 2.13. The van der Waals surface area contributed by atoms with E-state index < -0.39 is 0 Å². The lowest BCUT2D eigenvalue weighted by Crippen LogP contribution is -2.32. The van der Waals surface area contributed by atoms with Gasteiger partial charge in [0.25, 0.3) is 0 Å². The summed E-state index contributed by atoms with van der Waals surface area (Å²) in [5, 5.41) is 2.92. The maximum Gasteiger partial charge on any atom is 0.226 e. The van der Waals surface area contributed by atoms with Gasteiger partial charge in [-0.3, -0.25) is 14.6 Å². The average Bonchev–Trinajstić information content (AvgIpc) is 2.56. The Morgan fingerprint density at radius 3 is 2.58 bits per heavy atom. The first-order chi connectivity index (χ1) is 11.5. The van der Waals surface area contributed by atoms with Crippen molar-refractivity contribution in [2.75, 3.05) is 11.9 Å². The molecular formula is C19H23N3O2. The van der Waals surface area contributed by atoms with Crippen LogP contribution in [0.25, 0.3) is 0 Å². The molecule has 2 rings (SSSR count). The van der Waals surface area contributed by atoms with Crippen LogP contribution in [-0.2, 0) is 16.1 Å². The van der Waals surface area contributed by atoms with Crippen molar-refractivity contribution >= 4 is 17.5 Å². The van der Waals surface area contributed by atoms with Gasteiger partial charge in [-0.25, -0.2) is 0 Å². The number of rotatable bonds is 6. The van der Waals surface area contributed by atoms with Crippen molar-refractivity contribution in [1.29, 1.82) is 0 Å². The van der Waals surface area contributed by atoms with Crippen molar-refractivity contribution < 1.29 is 9.59 Å². The predicted molar refractivity (Wildman–Crippen MR) is 94.5 cm³/mol. The molecule has 1 heterocycles. The monoisotopic (exact) mass is 325 g/mol. The molecular weight excluding hydrogens is 302 g/mol. The number of aryl methyl sites for hydroxylation is 1. The minimum atomic E-state index is -0.101. The molecule has 0 atom stereocenters. The summed E-state index contributed by atoms with van der Waals surface area (Å²) in [6.07, 6.45) is 1.95. The number of amides is 2. The SMILES string of the molecule is CC(=O)N(CCC(=O)Nc1cccc(C)c1C)Cc1ccccn1. The van der Waals surface area contributed by atoms with E-state index in [4.69, 9.17) is 0 Å². The van der Waals surface area contributed by atoms with Gasteiger partial charge in [0.05, 0.1) is 12.2 Å². The molecule has 0 bridgehead atoms. The van der Waals surface area contributed by atoms with Crippen LogP contribution >= 0.6 is 0 Å². The molecule has 0 unspecified atom stereocenters. The van der Waals surface area contributed by atoms with E-state index in [9.17, 15) is 9.59 Å². The van der Waals surface area contributed by atoms with Crippen LogP contribution in [0.4, 0.5) is 5.69 Å². The second kappa shape index (κ2) is 8.24. The van der Waals surface area contributed by atoms with Crippen molar-refractivity contribution in [3.8, 4) is 0 Å². The fourth-order valence-corrected chi connectivity index (χ4v) is 2.37. The summed E-state index contributed by atoms with van der Waals surface area (Å²) in [5.74, 6) is -0.170. The van der Waals surface area contributed by atoms with Gasteiger partial charge in [-0.05, 0) is 43.2 Å². The highest BCUT2D eigenvalue weighted by Crippen LogP contribution is 2.18. The Kier molecular flexibility index (Phi) is 6.07. The zero-order valence-corrected chi connectivity index (χ0v) is 14.4. The Bertz CT molecular complexity index is 714. The normalized spacial score (nSPS) is 10.3. The smallest absolute Gasteiger partial charge is 0.226 e. The van der Waals surface area contributed by atoms with E-state index in [1.165, 1.54) is 6.92 Å². The number of anilines is 1. The van der Waals surface area contributed by atoms with Crippen LogP contribution in [0.5, 0.6) is 0 Å². The Balaban J connectivity index is 1.93. The van der Waals surface area contributed by atoms with Gasteiger partial charge in [0.2, 0.25) is 11.8 Å². The third-order valence-corrected chi connectivity index (χ3v) is 4.01. The summed E-state index contributed by atoms with van der Waals surface area (Å²) >= 11 is 0. The fourth-order valence-electron chi connectivity index (χ4n) is 2.37. The number of hydrogen-bond donors (Lipinski definition) is 1. The lowest BCUT2D eigenvalue weighted by molar-refractivity contribution is -0.130. The lowest BCUT2D eigenvalue weighted by atomic mass is 10.1. The molecule has 2 aromatic rings. The van der Waals surface area contributed by atoms with E-state index in [0.29, 0.717) is 13.1 Å². The fraction of sp³-hybridized carbons (Fsp3) is 0.316. The van der Waals surface area contributed by atoms with Gasteiger partial charge < -0.3 is 10.2 Å². The summed E-state index contributed by atoms with van der Waals surface area (Å²) < 4.78 is 0. The van der Waals surface area contributed by atoms with Gasteiger partial charge in [-0.2, -0.15) is 0 Å². The van der Waals surface area contributed by atoms with Crippen molar-refractivity contribution in [2.24, 2.45) is 0 Å². The minimum Gasteiger partial charge on any atom is -0.337 e. The molecule has 1 aromatic heterocycles. The highest BCUT2D eigenvalue weighted by molar-refractivity contribution is 5.92. The standard InChI is InChI=1S/C19H23N3O2/c1-14-7-6-9-18(15(14)2)21-19(24)10-12-22(16(3)23)13-17-8-4-5-11-20-17/h4-9,11H,10,12-13H2,1-3H3,(H,21,24). The van der Waals surface area contributed by atoms with Gasteiger partial charge >= 0.3 is 0 Å². The summed E-state index contributed by atoms with van der Waals surface area (Å²) in [5.41, 5.74) is 3.82. The van der Waals surface area contributed by atoms with E-state index in [-0.39, 0.29) is 18.2 Å². The quantitative estimate of drug-likeness (QED) is 0.888. The lowest BCUT2D eigenvalue weighted by Gasteiger charge is -2.20. The van der Waals surface area contributed by atoms with Crippen molar-refractivity contribution in [3.63, 3.8) is 0 Å². The summed E-state index contributed by atoms with van der Waals surface area (Å²) in [7, 11) is 0. The molecule has 24 heavy (non-hydrogen) atoms. The molecule has 1 N–H and O–H groups in total. The zero-order valence-electron chi connectivity index (χ0n) is 14.4. The third kappa shape index (κ3) is 4.91. The molecule has 1 aromatic carbocycles. The Morgan fingerprint density at radius 1 is 1.12 bits per heavy atom. The number of pyridine rings is 1. The van der Waals surface area contributed by atoms with Crippen LogP contribution in [0.15, 0.2) is 42.6 Å². The number of carbonyl (C=O) groups is 2. The Morgan fingerprint density at radius 2 is 1.92 bits per heavy atom. The van der Waals surface area contributed by atoms with Crippen molar-refractivity contribution in [2.45, 2.75) is 33.7 Å². The second-order valence-corrected chi connectivity index (χ2v) is 5.81. The van der Waals surface area contributed by atoms with Crippen LogP contribution in [0.1, 0.15) is 30.2 Å². The molecule has 0 fully saturated rings. The molecule has 0 spiro atoms. The van der Waals surface area contributed by atoms with Gasteiger partial charge in [-0.1, -0.05) is 18.2 Å². The highest BCUT2D eigenvalue weighted by atomic mass is 16.2. The van der Waals surface area contributed by atoms with Crippen LogP contribution in [0, 0.1) is 13.8 Å². The molecule has 5 heteroatoms. The molecule has 5 nitrogen and oxygen atoms in total. The number of carbonyl (C=O) groups excluding carboxylic acids is 2. The van der Waals surface area contributed by atoms with Crippen molar-refractivity contribution in [1.82, 2.24) is 9.88 Å². The zero-order chi connectivity index (χ0) is 17.5. The van der Waals surface area contributed by atoms with Gasteiger partial charge in [0, 0.05) is 31.8 Å². The molecule has 0 saturated carbocycles. The Hall–Kier alpha value is -2.69. The molecule has 0 aliphatic carbocycles. The Labute approximate surface area is 142 Å². The van der Waals surface area contributed by atoms with Crippen LogP contribution in [-0.4, -0.2) is 28.2 Å². The minimum absolute atomic E-state index is 0.0693. The maximum atomic E-state index is 12.2. The molecule has 2 amide bonds. The van der Waals surface area contributed by atoms with Crippen LogP contribution in [0.3, 0.4) is 0 Å². The van der Waals surface area contributed by atoms with E-state index in [1.807, 2.05) is 50.2 Å². The van der Waals surface area contributed by atoms with Gasteiger partial charge in [0.15, 0.2) is 0 Å². The number of aromatic nitrogens is 1. The molecule has 126 valence electrons. The first-order valence-corrected chi connectivity index (χ1v) is 7.99. The predicted octanol–water partition coefficient (Wildman–Crippen LogP) is 3.08. The first-order valence-electron chi connectivity index (χ1n) is 7.99. The van der Waals surface area contributed by atoms with Crippen LogP contribution < -0.4 is 5.32 Å². The number of hydrogen-bond acceptors (Lipinski definition) is 3. The van der Waals surface area contributed by atoms with Gasteiger partial charge in [0.1, 0.15) is 0 Å². The molecule has 0 saturated heterocycles. The summed E-state index contributed by atoms with van der Waals surface area (Å²) in [6, 6.07) is 11.4.